The summed E-state index contributed by atoms with van der Waals surface area (Å²) in [7, 11) is 1.35. The molecule has 0 saturated carbocycles. The molecule has 0 spiro atoms. The number of rotatable bonds is 0. The van der Waals surface area contributed by atoms with Gasteiger partial charge in [-0.2, -0.15) is 0 Å². The van der Waals surface area contributed by atoms with Crippen molar-refractivity contribution >= 4 is 30.1 Å². The van der Waals surface area contributed by atoms with E-state index in [1.165, 1.54) is 27.3 Å². The fraction of sp³-hybridized carbons (Fsp3) is 0. The number of aromatic nitrogens is 1. The van der Waals surface area contributed by atoms with Crippen LogP contribution in [-0.4, -0.2) is 4.98 Å². The van der Waals surface area contributed by atoms with Gasteiger partial charge >= 0.3 is 0 Å². The maximum absolute atomic E-state index is 12.5. The second kappa shape index (κ2) is 4.57. The summed E-state index contributed by atoms with van der Waals surface area (Å²) < 4.78 is 12.5. The molecule has 0 amide bonds. The van der Waals surface area contributed by atoms with Gasteiger partial charge in [-0.25, -0.2) is 9.37 Å². The molecule has 1 heterocycles. The Labute approximate surface area is 80.4 Å². The third-order valence-electron chi connectivity index (χ3n) is 0.940. The zero-order chi connectivity index (χ0) is 8.10. The molecule has 0 N–H and O–H groups in total. The summed E-state index contributed by atoms with van der Waals surface area (Å²) in [6.45, 7) is 0. The highest BCUT2D eigenvalue weighted by Crippen LogP contribution is 2.07. The molecule has 11 heavy (non-hydrogen) atoms. The third kappa shape index (κ3) is 3.08. The third-order valence-corrected chi connectivity index (χ3v) is 1.78. The summed E-state index contributed by atoms with van der Waals surface area (Å²) in [5.41, 5.74) is 0.467. The first-order valence-corrected chi connectivity index (χ1v) is 6.09. The average molecular weight is 279 g/mol. The zero-order valence-corrected chi connectivity index (χ0v) is 8.32. The highest BCUT2D eigenvalue weighted by Gasteiger charge is 1.90. The van der Waals surface area contributed by atoms with Gasteiger partial charge in [-0.05, 0) is 26.2 Å². The number of hydrogen-bond donors (Lipinski definition) is 0. The lowest BCUT2D eigenvalue weighted by molar-refractivity contribution is 0.625. The summed E-state index contributed by atoms with van der Waals surface area (Å²) in [6.07, 6.45) is 1.40. The van der Waals surface area contributed by atoms with E-state index in [9.17, 15) is 4.39 Å². The summed E-state index contributed by atoms with van der Waals surface area (Å²) >= 11 is 2.04. The van der Waals surface area contributed by atoms with Crippen LogP contribution in [-0.2, 0) is 0 Å². The van der Waals surface area contributed by atoms with Crippen LogP contribution in [0.3, 0.4) is 0 Å². The van der Waals surface area contributed by atoms with E-state index < -0.39 is 0 Å². The van der Waals surface area contributed by atoms with Gasteiger partial charge in [0.1, 0.15) is 11.5 Å². The van der Waals surface area contributed by atoms with Crippen molar-refractivity contribution in [1.29, 1.82) is 0 Å². The lowest BCUT2D eigenvalue weighted by Crippen LogP contribution is -1.81. The van der Waals surface area contributed by atoms with Crippen LogP contribution in [0.15, 0.2) is 18.3 Å². The molecule has 0 saturated heterocycles. The van der Waals surface area contributed by atoms with Gasteiger partial charge in [0, 0.05) is 33.5 Å². The van der Waals surface area contributed by atoms with E-state index in [1.807, 2.05) is 21.2 Å². The second-order valence-corrected chi connectivity index (χ2v) is 3.34. The first-order chi connectivity index (χ1) is 5.33. The topological polar surface area (TPSA) is 12.9 Å². The van der Waals surface area contributed by atoms with Gasteiger partial charge in [0.05, 0.1) is 0 Å². The highest BCUT2D eigenvalue weighted by molar-refractivity contribution is 14.2. The van der Waals surface area contributed by atoms with Gasteiger partial charge in [0.2, 0.25) is 0 Å². The van der Waals surface area contributed by atoms with E-state index in [4.69, 9.17) is 0 Å². The maximum atomic E-state index is 12.5. The predicted molar refractivity (Wildman–Crippen MR) is 52.7 cm³/mol. The van der Waals surface area contributed by atoms with E-state index >= 15 is 0 Å². The first-order valence-electron chi connectivity index (χ1n) is 2.73. The Bertz CT molecular complexity index is 305. The van der Waals surface area contributed by atoms with Crippen LogP contribution in [0, 0.1) is 17.0 Å². The Morgan fingerprint density at radius 2 is 2.45 bits per heavy atom. The van der Waals surface area contributed by atoms with E-state index in [0.29, 0.717) is 5.69 Å². The largest absolute Gasteiger partial charge is 0.248 e. The number of halogens is 2. The van der Waals surface area contributed by atoms with Gasteiger partial charge in [-0.3, -0.25) is 0 Å². The zero-order valence-electron chi connectivity index (χ0n) is 5.34. The van der Waals surface area contributed by atoms with Gasteiger partial charge in [-0.1, -0.05) is 0 Å². The van der Waals surface area contributed by atoms with Crippen LogP contribution in [0.1, 0.15) is 5.69 Å². The van der Waals surface area contributed by atoms with Crippen molar-refractivity contribution < 1.29 is 4.39 Å². The molecule has 1 aromatic rings. The summed E-state index contributed by atoms with van der Waals surface area (Å²) in [5.74, 6) is 2.39. The minimum absolute atomic E-state index is 0.303. The van der Waals surface area contributed by atoms with Crippen molar-refractivity contribution in [3.05, 3.63) is 29.8 Å². The molecular formula is C7H3FINS. The van der Waals surface area contributed by atoms with Crippen LogP contribution in [0.25, 0.3) is 0 Å². The molecule has 0 aliphatic rings. The fourth-order valence-corrected chi connectivity index (χ4v) is 1.02. The lowest BCUT2D eigenvalue weighted by Gasteiger charge is -1.87. The van der Waals surface area contributed by atoms with Crippen molar-refractivity contribution in [2.75, 3.05) is 0 Å². The van der Waals surface area contributed by atoms with Crippen molar-refractivity contribution in [3.8, 4) is 11.2 Å². The molecule has 1 rings (SSSR count). The molecule has 0 aromatic carbocycles. The van der Waals surface area contributed by atoms with Crippen molar-refractivity contribution in [1.82, 2.24) is 4.98 Å². The molecular weight excluding hydrogens is 276 g/mol. The lowest BCUT2D eigenvalue weighted by atomic mass is 10.3. The van der Waals surface area contributed by atoms with E-state index in [1.54, 1.807) is 0 Å². The molecule has 0 atom stereocenters. The average Bonchev–Trinajstić information content (AvgIpc) is 2.01. The smallest absolute Gasteiger partial charge is 0.127 e. The highest BCUT2D eigenvalue weighted by atomic mass is 127. The van der Waals surface area contributed by atoms with E-state index in [0.717, 1.165) is 0 Å². The van der Waals surface area contributed by atoms with Crippen LogP contribution >= 0.6 is 30.1 Å². The van der Waals surface area contributed by atoms with Crippen molar-refractivity contribution in [2.24, 2.45) is 0 Å². The van der Waals surface area contributed by atoms with Gasteiger partial charge in [0.15, 0.2) is 0 Å². The molecule has 0 bridgehead atoms. The molecule has 56 valence electrons. The van der Waals surface area contributed by atoms with Crippen molar-refractivity contribution in [3.63, 3.8) is 0 Å². The van der Waals surface area contributed by atoms with Gasteiger partial charge in [0.25, 0.3) is 0 Å². The SMILES string of the molecule is Fc1ccnc(C#CSI)c1. The van der Waals surface area contributed by atoms with Gasteiger partial charge in [-0.15, -0.1) is 0 Å². The standard InChI is InChI=1S/C7H3FINS/c8-6-1-3-10-7(5-6)2-4-11-9/h1,3,5H. The molecule has 1 nitrogen and oxygen atoms in total. The second-order valence-electron chi connectivity index (χ2n) is 1.66. The molecule has 0 aliphatic heterocycles. The van der Waals surface area contributed by atoms with Crippen LogP contribution in [0.4, 0.5) is 4.39 Å². The fourth-order valence-electron chi connectivity index (χ4n) is 0.545. The number of nitrogens with zero attached hydrogens (tertiary/aromatic N) is 1. The minimum atomic E-state index is -0.303. The molecule has 1 aromatic heterocycles. The van der Waals surface area contributed by atoms with Gasteiger partial charge < -0.3 is 0 Å². The van der Waals surface area contributed by atoms with Crippen LogP contribution in [0.2, 0.25) is 0 Å². The first kappa shape index (κ1) is 8.81. The summed E-state index contributed by atoms with van der Waals surface area (Å²) in [4.78, 5) is 3.85. The van der Waals surface area contributed by atoms with E-state index in [-0.39, 0.29) is 5.82 Å². The molecule has 4 heteroatoms. The Morgan fingerprint density at radius 1 is 1.64 bits per heavy atom. The molecule has 0 fully saturated rings. The summed E-state index contributed by atoms with van der Waals surface area (Å²) in [5, 5.41) is 2.72. The van der Waals surface area contributed by atoms with E-state index in [2.05, 4.69) is 16.2 Å². The Kier molecular flexibility index (Phi) is 3.66. The van der Waals surface area contributed by atoms with Crippen molar-refractivity contribution in [2.45, 2.75) is 0 Å². The maximum Gasteiger partial charge on any atom is 0.127 e. The monoisotopic (exact) mass is 279 g/mol. The molecule has 0 unspecified atom stereocenters. The van der Waals surface area contributed by atoms with Crippen LogP contribution < -0.4 is 0 Å². The number of pyridine rings is 1. The molecule has 0 aliphatic carbocycles. The minimum Gasteiger partial charge on any atom is -0.248 e. The Balaban J connectivity index is 2.87. The predicted octanol–water partition coefficient (Wildman–Crippen LogP) is 2.61. The normalized spacial score (nSPS) is 8.55. The Morgan fingerprint density at radius 3 is 3.09 bits per heavy atom. The molecule has 0 radical (unpaired) electrons. The summed E-state index contributed by atoms with van der Waals surface area (Å²) in [6, 6.07) is 2.60. The van der Waals surface area contributed by atoms with Crippen LogP contribution in [0.5, 0.6) is 0 Å². The quantitative estimate of drug-likeness (QED) is 0.535. The Hall–Kier alpha value is -0.280. The number of hydrogen-bond acceptors (Lipinski definition) is 2.